The fourth-order valence-electron chi connectivity index (χ4n) is 1.47. The number of hydrogen-bond acceptors (Lipinski definition) is 3. The average Bonchev–Trinajstić information content (AvgIpc) is 2.18. The maximum Gasteiger partial charge on any atom is 0.326 e. The lowest BCUT2D eigenvalue weighted by Crippen LogP contribution is -2.34. The number of carbonyl (C=O) groups is 1. The van der Waals surface area contributed by atoms with Gasteiger partial charge in [0.05, 0.1) is 5.69 Å². The van der Waals surface area contributed by atoms with Crippen LogP contribution >= 0.6 is 11.8 Å². The Morgan fingerprint density at radius 1 is 1.64 bits per heavy atom. The molecule has 0 radical (unpaired) electrons. The highest BCUT2D eigenvalue weighted by molar-refractivity contribution is 7.99. The molecule has 1 aliphatic rings. The SMILES string of the molecule is Cc1cccc2c1NC(C(=O)O)CS2. The number of anilines is 1. The van der Waals surface area contributed by atoms with Crippen molar-refractivity contribution in [2.75, 3.05) is 11.1 Å². The molecule has 14 heavy (non-hydrogen) atoms. The van der Waals surface area contributed by atoms with Crippen molar-refractivity contribution < 1.29 is 9.90 Å². The highest BCUT2D eigenvalue weighted by Crippen LogP contribution is 2.35. The predicted molar refractivity (Wildman–Crippen MR) is 56.9 cm³/mol. The first-order chi connectivity index (χ1) is 6.68. The zero-order valence-electron chi connectivity index (χ0n) is 7.78. The Hall–Kier alpha value is -1.16. The van der Waals surface area contributed by atoms with Crippen LogP contribution in [0.5, 0.6) is 0 Å². The third kappa shape index (κ3) is 1.57. The number of thioether (sulfide) groups is 1. The van der Waals surface area contributed by atoms with E-state index in [0.717, 1.165) is 16.1 Å². The van der Waals surface area contributed by atoms with Crippen LogP contribution in [0.1, 0.15) is 5.56 Å². The van der Waals surface area contributed by atoms with E-state index in [0.29, 0.717) is 5.75 Å². The molecule has 1 heterocycles. The minimum Gasteiger partial charge on any atom is -0.480 e. The standard InChI is InChI=1S/C10H11NO2S/c1-6-3-2-4-8-9(6)11-7(5-14-8)10(12)13/h2-4,7,11H,5H2,1H3,(H,12,13). The quantitative estimate of drug-likeness (QED) is 0.742. The van der Waals surface area contributed by atoms with E-state index in [-0.39, 0.29) is 0 Å². The van der Waals surface area contributed by atoms with Crippen LogP contribution in [-0.4, -0.2) is 22.9 Å². The molecular weight excluding hydrogens is 198 g/mol. The lowest BCUT2D eigenvalue weighted by molar-refractivity contribution is -0.137. The highest BCUT2D eigenvalue weighted by Gasteiger charge is 2.24. The number of carboxylic acid groups (broad SMARTS) is 1. The molecule has 0 aliphatic carbocycles. The maximum atomic E-state index is 10.8. The van der Waals surface area contributed by atoms with Crippen LogP contribution < -0.4 is 5.32 Å². The molecule has 1 unspecified atom stereocenters. The number of carboxylic acids is 1. The number of fused-ring (bicyclic) bond motifs is 1. The van der Waals surface area contributed by atoms with E-state index in [1.165, 1.54) is 0 Å². The van der Waals surface area contributed by atoms with Crippen molar-refractivity contribution in [3.8, 4) is 0 Å². The van der Waals surface area contributed by atoms with Crippen LogP contribution in [0, 0.1) is 6.92 Å². The monoisotopic (exact) mass is 209 g/mol. The van der Waals surface area contributed by atoms with Gasteiger partial charge in [0.2, 0.25) is 0 Å². The van der Waals surface area contributed by atoms with E-state index in [1.54, 1.807) is 11.8 Å². The van der Waals surface area contributed by atoms with E-state index in [1.807, 2.05) is 25.1 Å². The Labute approximate surface area is 86.5 Å². The number of aliphatic carboxylic acids is 1. The van der Waals surface area contributed by atoms with Gasteiger partial charge in [-0.05, 0) is 18.6 Å². The van der Waals surface area contributed by atoms with Gasteiger partial charge in [-0.1, -0.05) is 12.1 Å². The van der Waals surface area contributed by atoms with Gasteiger partial charge in [-0.3, -0.25) is 0 Å². The summed E-state index contributed by atoms with van der Waals surface area (Å²) in [5.41, 5.74) is 2.07. The summed E-state index contributed by atoms with van der Waals surface area (Å²) in [6.45, 7) is 1.98. The Morgan fingerprint density at radius 3 is 3.14 bits per heavy atom. The van der Waals surface area contributed by atoms with Crippen molar-refractivity contribution in [1.82, 2.24) is 0 Å². The second kappa shape index (κ2) is 3.53. The first-order valence-electron chi connectivity index (χ1n) is 4.40. The predicted octanol–water partition coefficient (Wildman–Crippen LogP) is 1.97. The van der Waals surface area contributed by atoms with Gasteiger partial charge >= 0.3 is 5.97 Å². The molecule has 2 N–H and O–H groups in total. The zero-order valence-corrected chi connectivity index (χ0v) is 8.60. The molecule has 1 aliphatic heterocycles. The summed E-state index contributed by atoms with van der Waals surface area (Å²) < 4.78 is 0. The smallest absolute Gasteiger partial charge is 0.326 e. The average molecular weight is 209 g/mol. The summed E-state index contributed by atoms with van der Waals surface area (Å²) >= 11 is 1.60. The van der Waals surface area contributed by atoms with Gasteiger partial charge < -0.3 is 10.4 Å². The molecule has 0 bridgehead atoms. The van der Waals surface area contributed by atoms with Crippen LogP contribution in [0.15, 0.2) is 23.1 Å². The molecule has 0 fully saturated rings. The number of hydrogen-bond donors (Lipinski definition) is 2. The van der Waals surface area contributed by atoms with E-state index >= 15 is 0 Å². The van der Waals surface area contributed by atoms with Crippen molar-refractivity contribution in [3.05, 3.63) is 23.8 Å². The third-order valence-corrected chi connectivity index (χ3v) is 3.41. The third-order valence-electron chi connectivity index (χ3n) is 2.26. The van der Waals surface area contributed by atoms with Crippen LogP contribution in [0.3, 0.4) is 0 Å². The fourth-order valence-corrected chi connectivity index (χ4v) is 2.58. The normalized spacial score (nSPS) is 19.6. The lowest BCUT2D eigenvalue weighted by Gasteiger charge is -2.24. The topological polar surface area (TPSA) is 49.3 Å². The first-order valence-corrected chi connectivity index (χ1v) is 5.39. The molecule has 0 spiro atoms. The van der Waals surface area contributed by atoms with E-state index in [2.05, 4.69) is 5.32 Å². The van der Waals surface area contributed by atoms with Gasteiger partial charge in [0, 0.05) is 10.6 Å². The largest absolute Gasteiger partial charge is 0.480 e. The summed E-state index contributed by atoms with van der Waals surface area (Å²) in [5, 5.41) is 11.9. The van der Waals surface area contributed by atoms with E-state index in [4.69, 9.17) is 5.11 Å². The highest BCUT2D eigenvalue weighted by atomic mass is 32.2. The molecule has 0 amide bonds. The van der Waals surface area contributed by atoms with Crippen LogP contribution in [0.2, 0.25) is 0 Å². The van der Waals surface area contributed by atoms with Crippen molar-refractivity contribution in [1.29, 1.82) is 0 Å². The number of rotatable bonds is 1. The summed E-state index contributed by atoms with van der Waals surface area (Å²) in [6, 6.07) is 5.52. The Bertz CT molecular complexity index is 378. The number of benzene rings is 1. The molecule has 0 saturated carbocycles. The van der Waals surface area contributed by atoms with E-state index < -0.39 is 12.0 Å². The Morgan fingerprint density at radius 2 is 2.43 bits per heavy atom. The minimum absolute atomic E-state index is 0.464. The molecule has 74 valence electrons. The zero-order chi connectivity index (χ0) is 10.1. The number of para-hydroxylation sites is 1. The molecule has 1 aromatic carbocycles. The number of aryl methyl sites for hydroxylation is 1. The summed E-state index contributed by atoms with van der Waals surface area (Å²) in [5.74, 6) is -0.197. The van der Waals surface area contributed by atoms with Gasteiger partial charge in [0.15, 0.2) is 0 Å². The molecule has 2 rings (SSSR count). The second-order valence-corrected chi connectivity index (χ2v) is 4.36. The van der Waals surface area contributed by atoms with Gasteiger partial charge in [0.25, 0.3) is 0 Å². The molecule has 4 heteroatoms. The summed E-state index contributed by atoms with van der Waals surface area (Å²) in [6.07, 6.45) is 0. The van der Waals surface area contributed by atoms with Gasteiger partial charge in [-0.25, -0.2) is 4.79 Å². The summed E-state index contributed by atoms with van der Waals surface area (Å²) in [4.78, 5) is 11.9. The van der Waals surface area contributed by atoms with Crippen LogP contribution in [-0.2, 0) is 4.79 Å². The maximum absolute atomic E-state index is 10.8. The van der Waals surface area contributed by atoms with Crippen molar-refractivity contribution in [2.45, 2.75) is 17.9 Å². The van der Waals surface area contributed by atoms with E-state index in [9.17, 15) is 4.79 Å². The summed E-state index contributed by atoms with van der Waals surface area (Å²) in [7, 11) is 0. The molecule has 1 atom stereocenters. The minimum atomic E-state index is -0.786. The van der Waals surface area contributed by atoms with Gasteiger partial charge in [0.1, 0.15) is 6.04 Å². The molecular formula is C10H11NO2S. The number of nitrogens with one attached hydrogen (secondary N) is 1. The Balaban J connectivity index is 2.33. The van der Waals surface area contributed by atoms with Gasteiger partial charge in [-0.15, -0.1) is 11.8 Å². The van der Waals surface area contributed by atoms with Crippen LogP contribution in [0.4, 0.5) is 5.69 Å². The van der Waals surface area contributed by atoms with Crippen molar-refractivity contribution >= 4 is 23.4 Å². The molecule has 3 nitrogen and oxygen atoms in total. The second-order valence-electron chi connectivity index (χ2n) is 3.29. The van der Waals surface area contributed by atoms with Crippen LogP contribution in [0.25, 0.3) is 0 Å². The fraction of sp³-hybridized carbons (Fsp3) is 0.300. The molecule has 0 aromatic heterocycles. The molecule has 1 aromatic rings. The van der Waals surface area contributed by atoms with Crippen molar-refractivity contribution in [3.63, 3.8) is 0 Å². The lowest BCUT2D eigenvalue weighted by atomic mass is 10.2. The Kier molecular flexibility index (Phi) is 2.37. The van der Waals surface area contributed by atoms with Gasteiger partial charge in [-0.2, -0.15) is 0 Å². The van der Waals surface area contributed by atoms with Crippen molar-refractivity contribution in [2.24, 2.45) is 0 Å². The first kappa shape index (κ1) is 9.40. The molecule has 0 saturated heterocycles.